The Labute approximate surface area is 137 Å². The number of hydrogen-bond donors (Lipinski definition) is 0. The minimum Gasteiger partial charge on any atom is -0.461 e. The lowest BCUT2D eigenvalue weighted by Gasteiger charge is -2.37. The van der Waals surface area contributed by atoms with Gasteiger partial charge in [0.05, 0.1) is 6.61 Å². The number of rotatable bonds is 5. The number of hydrogen-bond acceptors (Lipinski definition) is 6. The van der Waals surface area contributed by atoms with Gasteiger partial charge in [-0.15, -0.1) is 0 Å². The highest BCUT2D eigenvalue weighted by Crippen LogP contribution is 2.28. The number of piperidine rings is 1. The molecule has 3 heterocycles. The van der Waals surface area contributed by atoms with Crippen LogP contribution in [0.5, 0.6) is 0 Å². The molecule has 0 aromatic carbocycles. The number of ether oxygens (including phenoxy) is 1. The van der Waals surface area contributed by atoms with Crippen LogP contribution in [-0.2, 0) is 4.74 Å². The molecule has 1 unspecified atom stereocenters. The van der Waals surface area contributed by atoms with Crippen molar-refractivity contribution in [3.05, 3.63) is 12.0 Å². The molecule has 1 aromatic rings. The zero-order valence-electron chi connectivity index (χ0n) is 14.2. The van der Waals surface area contributed by atoms with Crippen LogP contribution in [0.1, 0.15) is 50.0 Å². The fraction of sp³-hybridized carbons (Fsp3) is 0.765. The van der Waals surface area contributed by atoms with Crippen LogP contribution in [0.3, 0.4) is 0 Å². The summed E-state index contributed by atoms with van der Waals surface area (Å²) in [5, 5.41) is 0. The van der Waals surface area contributed by atoms with E-state index in [1.165, 1.54) is 32.2 Å². The molecule has 6 nitrogen and oxygen atoms in total. The van der Waals surface area contributed by atoms with Gasteiger partial charge in [0.15, 0.2) is 5.69 Å². The average molecular weight is 321 g/mol. The summed E-state index contributed by atoms with van der Waals surface area (Å²) in [6, 6.07) is 1.21. The fourth-order valence-electron chi connectivity index (χ4n) is 3.73. The first kappa shape index (κ1) is 16.3. The maximum absolute atomic E-state index is 11.7. The molecule has 0 bridgehead atoms. The summed E-state index contributed by atoms with van der Waals surface area (Å²) < 4.78 is 10.4. The van der Waals surface area contributed by atoms with Gasteiger partial charge in [0, 0.05) is 19.1 Å². The van der Waals surface area contributed by atoms with E-state index < -0.39 is 5.97 Å². The minimum absolute atomic E-state index is 0.259. The Kier molecular flexibility index (Phi) is 5.20. The average Bonchev–Trinajstić information content (AvgIpc) is 3.26. The molecule has 2 fully saturated rings. The van der Waals surface area contributed by atoms with Crippen molar-refractivity contribution in [2.24, 2.45) is 5.92 Å². The summed E-state index contributed by atoms with van der Waals surface area (Å²) in [6.07, 6.45) is 6.38. The molecule has 0 radical (unpaired) electrons. The lowest BCUT2D eigenvalue weighted by atomic mass is 9.89. The number of nitrogens with zero attached hydrogens (tertiary/aromatic N) is 3. The van der Waals surface area contributed by atoms with Crippen molar-refractivity contribution in [3.8, 4) is 0 Å². The number of anilines is 1. The quantitative estimate of drug-likeness (QED) is 0.777. The van der Waals surface area contributed by atoms with Gasteiger partial charge in [0.25, 0.3) is 6.01 Å². The molecule has 0 saturated carbocycles. The maximum atomic E-state index is 11.7. The molecule has 2 saturated heterocycles. The molecule has 3 rings (SSSR count). The van der Waals surface area contributed by atoms with Gasteiger partial charge >= 0.3 is 5.97 Å². The van der Waals surface area contributed by atoms with Gasteiger partial charge in [0.1, 0.15) is 6.26 Å². The third-order valence-corrected chi connectivity index (χ3v) is 5.19. The van der Waals surface area contributed by atoms with Gasteiger partial charge in [-0.05, 0) is 58.5 Å². The van der Waals surface area contributed by atoms with Gasteiger partial charge < -0.3 is 19.0 Å². The molecule has 0 spiro atoms. The normalized spacial score (nSPS) is 21.6. The van der Waals surface area contributed by atoms with Crippen molar-refractivity contribution in [1.82, 2.24) is 9.88 Å². The van der Waals surface area contributed by atoms with E-state index in [2.05, 4.69) is 21.7 Å². The monoisotopic (exact) mass is 321 g/mol. The van der Waals surface area contributed by atoms with Gasteiger partial charge in [-0.1, -0.05) is 0 Å². The first-order chi connectivity index (χ1) is 11.2. The molecule has 23 heavy (non-hydrogen) atoms. The zero-order valence-corrected chi connectivity index (χ0v) is 14.2. The third kappa shape index (κ3) is 3.68. The molecule has 1 aromatic heterocycles. The van der Waals surface area contributed by atoms with Crippen LogP contribution in [0, 0.1) is 5.92 Å². The van der Waals surface area contributed by atoms with Crippen molar-refractivity contribution in [2.75, 3.05) is 37.7 Å². The zero-order chi connectivity index (χ0) is 16.2. The van der Waals surface area contributed by atoms with E-state index in [1.54, 1.807) is 6.92 Å². The van der Waals surface area contributed by atoms with Gasteiger partial charge in [-0.25, -0.2) is 4.79 Å². The van der Waals surface area contributed by atoms with Crippen molar-refractivity contribution in [1.29, 1.82) is 0 Å². The van der Waals surface area contributed by atoms with Crippen LogP contribution >= 0.6 is 0 Å². The summed E-state index contributed by atoms with van der Waals surface area (Å²) in [4.78, 5) is 20.7. The SMILES string of the molecule is CCOC(=O)c1coc(N2CCC(C(C)N3CCCC3)CC2)n1. The number of carbonyl (C=O) groups excluding carboxylic acids is 1. The summed E-state index contributed by atoms with van der Waals surface area (Å²) >= 11 is 0. The standard InChI is InChI=1S/C17H27N3O3/c1-3-22-16(21)15-12-23-17(18-15)20-10-6-14(7-11-20)13(2)19-8-4-5-9-19/h12-14H,3-11H2,1-2H3. The molecule has 2 aliphatic rings. The smallest absolute Gasteiger partial charge is 0.360 e. The van der Waals surface area contributed by atoms with E-state index in [-0.39, 0.29) is 5.69 Å². The molecular weight excluding hydrogens is 294 g/mol. The van der Waals surface area contributed by atoms with E-state index >= 15 is 0 Å². The molecule has 1 atom stereocenters. The number of esters is 1. The Balaban J connectivity index is 1.53. The predicted molar refractivity (Wildman–Crippen MR) is 87.7 cm³/mol. The van der Waals surface area contributed by atoms with Gasteiger partial charge in [0.2, 0.25) is 0 Å². The molecule has 0 aliphatic carbocycles. The van der Waals surface area contributed by atoms with Gasteiger partial charge in [-0.2, -0.15) is 4.98 Å². The Morgan fingerprint density at radius 2 is 2.04 bits per heavy atom. The number of aromatic nitrogens is 1. The molecule has 2 aliphatic heterocycles. The Bertz CT molecular complexity index is 517. The number of likely N-dealkylation sites (tertiary alicyclic amines) is 1. The van der Waals surface area contributed by atoms with E-state index in [4.69, 9.17) is 9.15 Å². The van der Waals surface area contributed by atoms with E-state index in [9.17, 15) is 4.79 Å². The number of oxazole rings is 1. The summed E-state index contributed by atoms with van der Waals surface area (Å²) in [7, 11) is 0. The van der Waals surface area contributed by atoms with Crippen LogP contribution in [0.15, 0.2) is 10.7 Å². The van der Waals surface area contributed by atoms with Crippen molar-refractivity contribution in [2.45, 2.75) is 45.6 Å². The second kappa shape index (κ2) is 7.34. The highest BCUT2D eigenvalue weighted by molar-refractivity contribution is 5.87. The summed E-state index contributed by atoms with van der Waals surface area (Å²) in [5.41, 5.74) is 0.259. The molecule has 6 heteroatoms. The molecule has 0 N–H and O–H groups in total. The first-order valence-electron chi connectivity index (χ1n) is 8.80. The van der Waals surface area contributed by atoms with E-state index in [1.807, 2.05) is 0 Å². The Morgan fingerprint density at radius 3 is 2.70 bits per heavy atom. The molecule has 128 valence electrons. The lowest BCUT2D eigenvalue weighted by Crippen LogP contribution is -2.43. The van der Waals surface area contributed by atoms with Crippen LogP contribution in [0.25, 0.3) is 0 Å². The number of carbonyl (C=O) groups is 1. The highest BCUT2D eigenvalue weighted by atomic mass is 16.5. The highest BCUT2D eigenvalue weighted by Gasteiger charge is 2.30. The second-order valence-electron chi connectivity index (χ2n) is 6.54. The van der Waals surface area contributed by atoms with Crippen LogP contribution in [-0.4, -0.2) is 54.7 Å². The van der Waals surface area contributed by atoms with Crippen LogP contribution < -0.4 is 4.90 Å². The molecule has 0 amide bonds. The van der Waals surface area contributed by atoms with Crippen LogP contribution in [0.4, 0.5) is 6.01 Å². The Morgan fingerprint density at radius 1 is 1.35 bits per heavy atom. The van der Waals surface area contributed by atoms with Crippen LogP contribution in [0.2, 0.25) is 0 Å². The minimum atomic E-state index is -0.417. The lowest BCUT2D eigenvalue weighted by molar-refractivity contribution is 0.0519. The maximum Gasteiger partial charge on any atom is 0.360 e. The van der Waals surface area contributed by atoms with E-state index in [0.29, 0.717) is 18.7 Å². The van der Waals surface area contributed by atoms with Gasteiger partial charge in [-0.3, -0.25) is 0 Å². The Hall–Kier alpha value is -1.56. The first-order valence-corrected chi connectivity index (χ1v) is 8.80. The van der Waals surface area contributed by atoms with Crippen molar-refractivity contribution in [3.63, 3.8) is 0 Å². The largest absolute Gasteiger partial charge is 0.461 e. The van der Waals surface area contributed by atoms with Crippen molar-refractivity contribution < 1.29 is 13.9 Å². The fourth-order valence-corrected chi connectivity index (χ4v) is 3.73. The second-order valence-corrected chi connectivity index (χ2v) is 6.54. The van der Waals surface area contributed by atoms with E-state index in [0.717, 1.165) is 31.8 Å². The topological polar surface area (TPSA) is 58.8 Å². The summed E-state index contributed by atoms with van der Waals surface area (Å²) in [5.74, 6) is 0.323. The van der Waals surface area contributed by atoms with Crippen molar-refractivity contribution >= 4 is 12.0 Å². The predicted octanol–water partition coefficient (Wildman–Crippen LogP) is 2.55. The third-order valence-electron chi connectivity index (χ3n) is 5.19. The summed E-state index contributed by atoms with van der Waals surface area (Å²) in [6.45, 7) is 8.88. The molecular formula is C17H27N3O3.